The van der Waals surface area contributed by atoms with Gasteiger partial charge in [-0.15, -0.1) is 0 Å². The van der Waals surface area contributed by atoms with Crippen LogP contribution in [0.25, 0.3) is 0 Å². The second-order valence-corrected chi connectivity index (χ2v) is 5.92. The van der Waals surface area contributed by atoms with Crippen LogP contribution < -0.4 is 9.46 Å². The third-order valence-electron chi connectivity index (χ3n) is 2.52. The van der Waals surface area contributed by atoms with Crippen LogP contribution >= 0.6 is 0 Å². The molecule has 0 bridgehead atoms. The van der Waals surface area contributed by atoms with Gasteiger partial charge in [0.25, 0.3) is 0 Å². The van der Waals surface area contributed by atoms with Gasteiger partial charge in [-0.2, -0.15) is 0 Å². The van der Waals surface area contributed by atoms with E-state index in [0.717, 1.165) is 6.26 Å². The van der Waals surface area contributed by atoms with Crippen molar-refractivity contribution < 1.29 is 22.7 Å². The standard InChI is InChI=1S/C12H18N2O5S.C2H6/c1-5-19-12(15)8(2)9-6-10(18-3)11(13-7-9)14-20(4,16)17;1-2/h6-8H,5H2,1-4H3,(H,13,14);1-2H3. The molecule has 0 aliphatic heterocycles. The van der Waals surface area contributed by atoms with Gasteiger partial charge in [-0.25, -0.2) is 13.4 Å². The number of rotatable bonds is 6. The lowest BCUT2D eigenvalue weighted by Crippen LogP contribution is -2.15. The molecule has 8 heteroatoms. The number of aromatic nitrogens is 1. The number of carbonyl (C=O) groups excluding carboxylic acids is 1. The Hall–Kier alpha value is -1.83. The van der Waals surface area contributed by atoms with Gasteiger partial charge in [0.2, 0.25) is 10.0 Å². The molecule has 1 heterocycles. The van der Waals surface area contributed by atoms with Crippen LogP contribution in [-0.2, 0) is 19.6 Å². The van der Waals surface area contributed by atoms with E-state index in [1.54, 1.807) is 19.9 Å². The molecule has 126 valence electrons. The molecule has 0 amide bonds. The average Bonchev–Trinajstić information content (AvgIpc) is 2.47. The zero-order valence-electron chi connectivity index (χ0n) is 13.8. The molecule has 1 aromatic heterocycles. The van der Waals surface area contributed by atoms with Crippen LogP contribution in [0.3, 0.4) is 0 Å². The third kappa shape index (κ3) is 6.30. The van der Waals surface area contributed by atoms with Gasteiger partial charge in [-0.1, -0.05) is 13.8 Å². The molecule has 1 N–H and O–H groups in total. The molecular formula is C14H24N2O5S. The van der Waals surface area contributed by atoms with E-state index in [-0.39, 0.29) is 17.5 Å². The lowest BCUT2D eigenvalue weighted by molar-refractivity contribution is -0.144. The quantitative estimate of drug-likeness (QED) is 0.802. The molecule has 0 aliphatic rings. The van der Waals surface area contributed by atoms with Gasteiger partial charge in [0.1, 0.15) is 0 Å². The van der Waals surface area contributed by atoms with Crippen LogP contribution in [0.15, 0.2) is 12.3 Å². The number of pyridine rings is 1. The van der Waals surface area contributed by atoms with Crippen molar-refractivity contribution in [3.8, 4) is 5.75 Å². The maximum absolute atomic E-state index is 11.7. The van der Waals surface area contributed by atoms with Gasteiger partial charge in [0.15, 0.2) is 11.6 Å². The second-order valence-electron chi connectivity index (χ2n) is 4.17. The Bertz CT molecular complexity index is 587. The van der Waals surface area contributed by atoms with E-state index < -0.39 is 15.9 Å². The lowest BCUT2D eigenvalue weighted by atomic mass is 10.0. The number of ether oxygens (including phenoxy) is 2. The van der Waals surface area contributed by atoms with Crippen LogP contribution in [0.1, 0.15) is 39.2 Å². The van der Waals surface area contributed by atoms with Crippen molar-refractivity contribution in [1.82, 2.24) is 4.98 Å². The Morgan fingerprint density at radius 2 is 2.00 bits per heavy atom. The zero-order chi connectivity index (χ0) is 17.3. The average molecular weight is 332 g/mol. The van der Waals surface area contributed by atoms with E-state index in [2.05, 4.69) is 9.71 Å². The molecule has 0 spiro atoms. The fourth-order valence-electron chi connectivity index (χ4n) is 1.51. The van der Waals surface area contributed by atoms with Gasteiger partial charge in [-0.05, 0) is 25.5 Å². The fourth-order valence-corrected chi connectivity index (χ4v) is 2.01. The summed E-state index contributed by atoms with van der Waals surface area (Å²) in [6, 6.07) is 1.56. The van der Waals surface area contributed by atoms with Crippen LogP contribution in [0, 0.1) is 0 Å². The lowest BCUT2D eigenvalue weighted by Gasteiger charge is -2.14. The summed E-state index contributed by atoms with van der Waals surface area (Å²) in [5, 5.41) is 0. The summed E-state index contributed by atoms with van der Waals surface area (Å²) in [7, 11) is -2.06. The smallest absolute Gasteiger partial charge is 0.313 e. The summed E-state index contributed by atoms with van der Waals surface area (Å²) >= 11 is 0. The van der Waals surface area contributed by atoms with E-state index in [1.807, 2.05) is 13.8 Å². The number of carbonyl (C=O) groups is 1. The molecule has 0 aliphatic carbocycles. The minimum Gasteiger partial charge on any atom is -0.493 e. The van der Waals surface area contributed by atoms with Gasteiger partial charge in [0, 0.05) is 6.20 Å². The molecule has 22 heavy (non-hydrogen) atoms. The normalized spacial score (nSPS) is 11.7. The molecule has 1 unspecified atom stereocenters. The van der Waals surface area contributed by atoms with Crippen LogP contribution in [0.5, 0.6) is 5.75 Å². The summed E-state index contributed by atoms with van der Waals surface area (Å²) in [6.07, 6.45) is 2.43. The van der Waals surface area contributed by atoms with Crippen molar-refractivity contribution in [2.45, 2.75) is 33.6 Å². The monoisotopic (exact) mass is 332 g/mol. The van der Waals surface area contributed by atoms with E-state index in [1.165, 1.54) is 13.3 Å². The molecule has 0 fully saturated rings. The number of esters is 1. The van der Waals surface area contributed by atoms with Crippen molar-refractivity contribution >= 4 is 21.8 Å². The van der Waals surface area contributed by atoms with Crippen LogP contribution in [0.4, 0.5) is 5.82 Å². The predicted molar refractivity (Wildman–Crippen MR) is 85.7 cm³/mol. The van der Waals surface area contributed by atoms with Gasteiger partial charge < -0.3 is 9.47 Å². The molecule has 7 nitrogen and oxygen atoms in total. The van der Waals surface area contributed by atoms with Gasteiger partial charge in [-0.3, -0.25) is 9.52 Å². The minimum absolute atomic E-state index is 0.0785. The van der Waals surface area contributed by atoms with Crippen LogP contribution in [0.2, 0.25) is 0 Å². The fraction of sp³-hybridized carbons (Fsp3) is 0.571. The minimum atomic E-state index is -3.45. The number of hydrogen-bond donors (Lipinski definition) is 1. The van der Waals surface area contributed by atoms with E-state index in [9.17, 15) is 13.2 Å². The van der Waals surface area contributed by atoms with E-state index in [0.29, 0.717) is 12.2 Å². The Morgan fingerprint density at radius 1 is 1.41 bits per heavy atom. The molecule has 0 radical (unpaired) electrons. The van der Waals surface area contributed by atoms with E-state index >= 15 is 0 Å². The van der Waals surface area contributed by atoms with Gasteiger partial charge in [0.05, 0.1) is 25.9 Å². The summed E-state index contributed by atoms with van der Waals surface area (Å²) < 4.78 is 34.6. The van der Waals surface area contributed by atoms with Crippen molar-refractivity contribution in [3.05, 3.63) is 17.8 Å². The molecular weight excluding hydrogens is 308 g/mol. The summed E-state index contributed by atoms with van der Waals surface area (Å²) in [6.45, 7) is 7.70. The predicted octanol–water partition coefficient (Wildman–Crippen LogP) is 2.15. The Morgan fingerprint density at radius 3 is 2.45 bits per heavy atom. The number of anilines is 1. The van der Waals surface area contributed by atoms with Crippen molar-refractivity contribution in [2.24, 2.45) is 0 Å². The SMILES string of the molecule is CC.CCOC(=O)C(C)c1cnc(NS(C)(=O)=O)c(OC)c1. The maximum atomic E-state index is 11.7. The highest BCUT2D eigenvalue weighted by molar-refractivity contribution is 7.92. The molecule has 0 aromatic carbocycles. The molecule has 0 saturated carbocycles. The summed E-state index contributed by atoms with van der Waals surface area (Å²) in [4.78, 5) is 15.6. The first-order chi connectivity index (χ1) is 10.3. The number of hydrogen-bond acceptors (Lipinski definition) is 6. The third-order valence-corrected chi connectivity index (χ3v) is 3.08. The topological polar surface area (TPSA) is 94.6 Å². The highest BCUT2D eigenvalue weighted by Gasteiger charge is 2.19. The molecule has 0 saturated heterocycles. The molecule has 1 aromatic rings. The van der Waals surface area contributed by atoms with Gasteiger partial charge >= 0.3 is 5.97 Å². The number of nitrogens with zero attached hydrogens (tertiary/aromatic N) is 1. The molecule has 1 rings (SSSR count). The van der Waals surface area contributed by atoms with E-state index in [4.69, 9.17) is 9.47 Å². The number of methoxy groups -OCH3 is 1. The first-order valence-electron chi connectivity index (χ1n) is 6.96. The highest BCUT2D eigenvalue weighted by Crippen LogP contribution is 2.27. The largest absolute Gasteiger partial charge is 0.493 e. The van der Waals surface area contributed by atoms with Crippen molar-refractivity contribution in [3.63, 3.8) is 0 Å². The highest BCUT2D eigenvalue weighted by atomic mass is 32.2. The summed E-state index contributed by atoms with van der Waals surface area (Å²) in [5.41, 5.74) is 0.583. The Labute approximate surface area is 132 Å². The zero-order valence-corrected chi connectivity index (χ0v) is 14.7. The first kappa shape index (κ1) is 20.2. The van der Waals surface area contributed by atoms with Crippen molar-refractivity contribution in [1.29, 1.82) is 0 Å². The number of sulfonamides is 1. The Kier molecular flexibility index (Phi) is 8.47. The van der Waals surface area contributed by atoms with Crippen LogP contribution in [-0.4, -0.2) is 39.3 Å². The second kappa shape index (κ2) is 9.24. The number of nitrogens with one attached hydrogen (secondary N) is 1. The Balaban J connectivity index is 0.00000211. The first-order valence-corrected chi connectivity index (χ1v) is 8.86. The summed E-state index contributed by atoms with van der Waals surface area (Å²) in [5.74, 6) is -0.567. The van der Waals surface area contributed by atoms with Crippen molar-refractivity contribution in [2.75, 3.05) is 24.7 Å². The maximum Gasteiger partial charge on any atom is 0.313 e. The molecule has 1 atom stereocenters.